The molecule has 0 heterocycles. The normalized spacial score (nSPS) is 16.1. The second-order valence-electron chi connectivity index (χ2n) is 11.6. The molecule has 0 spiro atoms. The van der Waals surface area contributed by atoms with Gasteiger partial charge in [0.1, 0.15) is 0 Å². The van der Waals surface area contributed by atoms with Crippen LogP contribution >= 0.6 is 0 Å². The Bertz CT molecular complexity index is 1460. The molecule has 44 heavy (non-hydrogen) atoms. The Morgan fingerprint density at radius 2 is 1.75 bits per heavy atom. The van der Waals surface area contributed by atoms with E-state index in [9.17, 15) is 0 Å². The lowest BCUT2D eigenvalue weighted by Crippen LogP contribution is -2.31. The molecular weight excluding hydrogens is 530 g/mol. The van der Waals surface area contributed by atoms with Gasteiger partial charge in [-0.1, -0.05) is 134 Å². The van der Waals surface area contributed by atoms with Crippen LogP contribution < -0.4 is 0 Å². The quantitative estimate of drug-likeness (QED) is 0.102. The smallest absolute Gasteiger partial charge is 0.0516 e. The van der Waals surface area contributed by atoms with Crippen molar-refractivity contribution in [2.75, 3.05) is 0 Å². The van der Waals surface area contributed by atoms with Gasteiger partial charge in [0.2, 0.25) is 0 Å². The van der Waals surface area contributed by atoms with E-state index >= 15 is 0 Å². The van der Waals surface area contributed by atoms with Gasteiger partial charge in [-0.15, -0.1) is 13.2 Å². The molecule has 2 aromatic carbocycles. The maximum atomic E-state index is 4.56. The van der Waals surface area contributed by atoms with Crippen molar-refractivity contribution in [2.24, 2.45) is 5.92 Å². The zero-order valence-electron chi connectivity index (χ0n) is 26.4. The highest BCUT2D eigenvalue weighted by molar-refractivity contribution is 5.67. The molecule has 0 bridgehead atoms. The third kappa shape index (κ3) is 9.32. The van der Waals surface area contributed by atoms with Crippen molar-refractivity contribution >= 4 is 0 Å². The molecule has 4 rings (SSSR count). The Morgan fingerprint density at radius 1 is 0.932 bits per heavy atom. The van der Waals surface area contributed by atoms with Crippen molar-refractivity contribution in [2.45, 2.75) is 63.8 Å². The van der Waals surface area contributed by atoms with Crippen molar-refractivity contribution in [1.82, 2.24) is 4.90 Å². The minimum absolute atomic E-state index is 0.109. The van der Waals surface area contributed by atoms with Gasteiger partial charge in [0.25, 0.3) is 0 Å². The monoisotopic (exact) mass is 579 g/mol. The van der Waals surface area contributed by atoms with Crippen LogP contribution in [0.25, 0.3) is 11.1 Å². The second kappa shape index (κ2) is 17.7. The van der Waals surface area contributed by atoms with Crippen LogP contribution in [0.5, 0.6) is 0 Å². The minimum atomic E-state index is 0.109. The predicted octanol–water partition coefficient (Wildman–Crippen LogP) is 11.8. The second-order valence-corrected chi connectivity index (χ2v) is 11.6. The summed E-state index contributed by atoms with van der Waals surface area (Å²) in [6, 6.07) is 19.8. The summed E-state index contributed by atoms with van der Waals surface area (Å²) >= 11 is 0. The van der Waals surface area contributed by atoms with Gasteiger partial charge in [0.15, 0.2) is 0 Å². The molecule has 0 N–H and O–H groups in total. The third-order valence-corrected chi connectivity index (χ3v) is 8.60. The van der Waals surface area contributed by atoms with E-state index in [0.717, 1.165) is 69.1 Å². The standard InChI is InChI=1S/C43H49N/c1-5-8-12-22-35(4)44(32-21-30-36(6-2)37-23-13-9-14-24-37)42(7-3)34-41(38-25-15-10-16-26-38)33-40-29-19-20-31-43(40)39-27-17-11-18-28-39/h5-7,10-11,13,15,17-21,23-25,27-32,41-42H,1-4,8-9,12,14,16,22,26,33-34H2/b32-21+,36-30+. The van der Waals surface area contributed by atoms with Gasteiger partial charge in [-0.05, 0) is 97.6 Å². The molecular formula is C43H49N. The maximum Gasteiger partial charge on any atom is 0.0516 e. The average molecular weight is 580 g/mol. The summed E-state index contributed by atoms with van der Waals surface area (Å²) in [5, 5.41) is 0. The zero-order chi connectivity index (χ0) is 31.0. The van der Waals surface area contributed by atoms with Crippen LogP contribution in [-0.2, 0) is 6.42 Å². The van der Waals surface area contributed by atoms with E-state index in [1.165, 1.54) is 27.8 Å². The fourth-order valence-electron chi connectivity index (χ4n) is 6.18. The summed E-state index contributed by atoms with van der Waals surface area (Å²) in [4.78, 5) is 2.35. The van der Waals surface area contributed by atoms with Gasteiger partial charge in [0, 0.05) is 11.9 Å². The van der Waals surface area contributed by atoms with Crippen LogP contribution in [0, 0.1) is 5.92 Å². The van der Waals surface area contributed by atoms with Gasteiger partial charge in [-0.25, -0.2) is 0 Å². The number of benzene rings is 2. The highest BCUT2D eigenvalue weighted by Crippen LogP contribution is 2.34. The van der Waals surface area contributed by atoms with Crippen LogP contribution in [0.15, 0.2) is 176 Å². The number of nitrogens with zero attached hydrogens (tertiary/aromatic N) is 1. The lowest BCUT2D eigenvalue weighted by Gasteiger charge is -2.34. The Morgan fingerprint density at radius 3 is 2.45 bits per heavy atom. The fraction of sp³-hybridized carbons (Fsp3) is 0.256. The first-order valence-corrected chi connectivity index (χ1v) is 16.2. The van der Waals surface area contributed by atoms with E-state index < -0.39 is 0 Å². The van der Waals surface area contributed by atoms with Crippen molar-refractivity contribution in [3.05, 3.63) is 182 Å². The molecule has 0 amide bonds. The Kier molecular flexibility index (Phi) is 13.1. The summed E-state index contributed by atoms with van der Waals surface area (Å²) in [5.41, 5.74) is 8.99. The lowest BCUT2D eigenvalue weighted by atomic mass is 9.81. The first kappa shape index (κ1) is 32.6. The van der Waals surface area contributed by atoms with Crippen LogP contribution in [0.1, 0.15) is 56.9 Å². The number of unbranched alkanes of at least 4 members (excludes halogenated alkanes) is 1. The summed E-state index contributed by atoms with van der Waals surface area (Å²) in [6.45, 7) is 16.9. The number of rotatable bonds is 17. The molecule has 2 aliphatic carbocycles. The highest BCUT2D eigenvalue weighted by Gasteiger charge is 2.24. The van der Waals surface area contributed by atoms with Crippen LogP contribution in [0.2, 0.25) is 0 Å². The van der Waals surface area contributed by atoms with E-state index in [1.807, 2.05) is 12.2 Å². The molecule has 0 saturated heterocycles. The van der Waals surface area contributed by atoms with Crippen molar-refractivity contribution in [3.63, 3.8) is 0 Å². The van der Waals surface area contributed by atoms with E-state index in [-0.39, 0.29) is 6.04 Å². The van der Waals surface area contributed by atoms with Crippen molar-refractivity contribution < 1.29 is 0 Å². The molecule has 2 atom stereocenters. The van der Waals surface area contributed by atoms with Crippen molar-refractivity contribution in [3.8, 4) is 11.1 Å². The summed E-state index contributed by atoms with van der Waals surface area (Å²) in [7, 11) is 0. The summed E-state index contributed by atoms with van der Waals surface area (Å²) < 4.78 is 0. The van der Waals surface area contributed by atoms with Gasteiger partial charge in [-0.3, -0.25) is 0 Å². The highest BCUT2D eigenvalue weighted by atomic mass is 15.1. The average Bonchev–Trinajstić information content (AvgIpc) is 3.08. The topological polar surface area (TPSA) is 3.24 Å². The van der Waals surface area contributed by atoms with Crippen LogP contribution in [0.4, 0.5) is 0 Å². The molecule has 2 aromatic rings. The summed E-state index contributed by atoms with van der Waals surface area (Å²) in [5.74, 6) is 0.376. The maximum absolute atomic E-state index is 4.56. The Labute approximate surface area is 267 Å². The molecule has 2 aliphatic rings. The molecule has 1 nitrogen and oxygen atoms in total. The first-order chi connectivity index (χ1) is 21.6. The number of hydrogen-bond acceptors (Lipinski definition) is 1. The van der Waals surface area contributed by atoms with Crippen LogP contribution in [0.3, 0.4) is 0 Å². The van der Waals surface area contributed by atoms with Gasteiger partial charge in [-0.2, -0.15) is 0 Å². The molecule has 0 saturated carbocycles. The van der Waals surface area contributed by atoms with Gasteiger partial charge >= 0.3 is 0 Å². The molecule has 2 unspecified atom stereocenters. The first-order valence-electron chi connectivity index (χ1n) is 16.2. The molecule has 0 fully saturated rings. The predicted molar refractivity (Wildman–Crippen MR) is 193 cm³/mol. The van der Waals surface area contributed by atoms with Crippen molar-refractivity contribution in [1.29, 1.82) is 0 Å². The zero-order valence-corrected chi connectivity index (χ0v) is 26.4. The number of hydrogen-bond donors (Lipinski definition) is 0. The van der Waals surface area contributed by atoms with E-state index in [0.29, 0.717) is 5.92 Å². The summed E-state index contributed by atoms with van der Waals surface area (Å²) in [6.07, 6.45) is 35.4. The van der Waals surface area contributed by atoms with Gasteiger partial charge < -0.3 is 4.90 Å². The molecule has 1 heteroatoms. The van der Waals surface area contributed by atoms with E-state index in [1.54, 1.807) is 0 Å². The van der Waals surface area contributed by atoms with E-state index in [2.05, 4.69) is 147 Å². The SMILES string of the molecule is C=CCCCC(=C)N(/C=C/C=C(\C=C)C1=CCCC=C1)C(C=C)CC(Cc1ccccc1-c1ccccc1)C1=CC=CCC1. The molecule has 0 radical (unpaired) electrons. The molecule has 0 aromatic heterocycles. The van der Waals surface area contributed by atoms with Gasteiger partial charge in [0.05, 0.1) is 6.04 Å². The lowest BCUT2D eigenvalue weighted by molar-refractivity contribution is 0.325. The molecule has 0 aliphatic heterocycles. The third-order valence-electron chi connectivity index (χ3n) is 8.60. The Hall–Kier alpha value is -4.36. The van der Waals surface area contributed by atoms with Crippen LogP contribution in [-0.4, -0.2) is 10.9 Å². The minimum Gasteiger partial charge on any atom is -0.345 e. The fourth-order valence-corrected chi connectivity index (χ4v) is 6.18. The number of allylic oxidation sites excluding steroid dienone is 14. The Balaban J connectivity index is 1.65. The largest absolute Gasteiger partial charge is 0.345 e. The van der Waals surface area contributed by atoms with E-state index in [4.69, 9.17) is 0 Å². The molecule has 226 valence electrons.